The maximum Gasteiger partial charge on any atom is 0.0732 e. The van der Waals surface area contributed by atoms with Crippen LogP contribution in [0.25, 0.3) is 43.6 Å². The normalized spacial score (nSPS) is 12.2. The van der Waals surface area contributed by atoms with Crippen LogP contribution in [-0.2, 0) is 0 Å². The van der Waals surface area contributed by atoms with Crippen molar-refractivity contribution in [1.29, 1.82) is 0 Å². The minimum absolute atomic E-state index is 1.03. The fourth-order valence-corrected chi connectivity index (χ4v) is 4.97. The average molecular weight is 463 g/mol. The number of hydrogen-bond acceptors (Lipinski definition) is 2. The SMILES string of the molecule is C(=Nn1c2ccccc2c2ccccc21)c1ccc(C=Nn2c3ccccc3c3ccccc32)cc1. The lowest BCUT2D eigenvalue weighted by Gasteiger charge is -2.01. The van der Waals surface area contributed by atoms with Crippen LogP contribution in [0.15, 0.2) is 132 Å². The highest BCUT2D eigenvalue weighted by atomic mass is 15.3. The van der Waals surface area contributed by atoms with Crippen molar-refractivity contribution in [2.75, 3.05) is 0 Å². The Labute approximate surface area is 208 Å². The second-order valence-corrected chi connectivity index (χ2v) is 8.85. The summed E-state index contributed by atoms with van der Waals surface area (Å²) in [6.45, 7) is 0. The van der Waals surface area contributed by atoms with Crippen molar-refractivity contribution >= 4 is 56.0 Å². The lowest BCUT2D eigenvalue weighted by molar-refractivity contribution is 0.974. The van der Waals surface area contributed by atoms with E-state index in [1.807, 2.05) is 21.8 Å². The molecule has 4 heteroatoms. The van der Waals surface area contributed by atoms with Gasteiger partial charge >= 0.3 is 0 Å². The number of nitrogens with zero attached hydrogens (tertiary/aromatic N) is 4. The van der Waals surface area contributed by atoms with Crippen LogP contribution in [-0.4, -0.2) is 21.8 Å². The van der Waals surface area contributed by atoms with Gasteiger partial charge in [-0.05, 0) is 35.4 Å². The Morgan fingerprint density at radius 3 is 0.944 bits per heavy atom. The molecule has 0 aliphatic carbocycles. The van der Waals surface area contributed by atoms with Gasteiger partial charge in [-0.25, -0.2) is 9.35 Å². The average Bonchev–Trinajstić information content (AvgIpc) is 3.44. The third kappa shape index (κ3) is 3.31. The van der Waals surface area contributed by atoms with E-state index < -0.39 is 0 Å². The zero-order valence-corrected chi connectivity index (χ0v) is 19.5. The quantitative estimate of drug-likeness (QED) is 0.241. The molecule has 0 atom stereocenters. The van der Waals surface area contributed by atoms with Gasteiger partial charge in [-0.3, -0.25) is 0 Å². The standard InChI is InChI=1S/C32H22N4/c1-5-13-29-25(9-1)26-10-2-6-14-30(26)35(29)33-21-23-17-19-24(20-18-23)22-34-36-31-15-7-3-11-27(31)28-12-4-8-16-32(28)36/h1-22H. The van der Waals surface area contributed by atoms with Gasteiger partial charge in [-0.1, -0.05) is 97.1 Å². The van der Waals surface area contributed by atoms with Gasteiger partial charge < -0.3 is 0 Å². The third-order valence-corrected chi connectivity index (χ3v) is 6.69. The molecule has 36 heavy (non-hydrogen) atoms. The lowest BCUT2D eigenvalue weighted by Crippen LogP contribution is -1.92. The minimum Gasteiger partial charge on any atom is -0.232 e. The van der Waals surface area contributed by atoms with Gasteiger partial charge in [0, 0.05) is 21.5 Å². The van der Waals surface area contributed by atoms with E-state index in [2.05, 4.69) is 121 Å². The predicted octanol–water partition coefficient (Wildman–Crippen LogP) is 7.67. The maximum atomic E-state index is 4.83. The van der Waals surface area contributed by atoms with Crippen molar-refractivity contribution in [2.45, 2.75) is 0 Å². The summed E-state index contributed by atoms with van der Waals surface area (Å²) in [4.78, 5) is 0. The lowest BCUT2D eigenvalue weighted by atomic mass is 10.2. The molecule has 0 fully saturated rings. The Morgan fingerprint density at radius 1 is 0.361 bits per heavy atom. The van der Waals surface area contributed by atoms with E-state index in [0.29, 0.717) is 0 Å². The van der Waals surface area contributed by atoms with Crippen LogP contribution in [0.4, 0.5) is 0 Å². The van der Waals surface area contributed by atoms with Gasteiger partial charge in [0.25, 0.3) is 0 Å². The minimum atomic E-state index is 1.03. The van der Waals surface area contributed by atoms with Crippen LogP contribution >= 0.6 is 0 Å². The second kappa shape index (κ2) is 8.36. The molecule has 0 amide bonds. The Balaban J connectivity index is 1.21. The molecule has 5 aromatic carbocycles. The van der Waals surface area contributed by atoms with Crippen LogP contribution in [0.2, 0.25) is 0 Å². The molecule has 0 bridgehead atoms. The number of para-hydroxylation sites is 4. The van der Waals surface area contributed by atoms with Gasteiger partial charge in [0.2, 0.25) is 0 Å². The van der Waals surface area contributed by atoms with Crippen molar-refractivity contribution in [1.82, 2.24) is 9.35 Å². The Kier molecular flexibility index (Phi) is 4.74. The summed E-state index contributed by atoms with van der Waals surface area (Å²) in [5, 5.41) is 14.5. The van der Waals surface area contributed by atoms with Gasteiger partial charge in [0.15, 0.2) is 0 Å². The number of rotatable bonds is 4. The highest BCUT2D eigenvalue weighted by Crippen LogP contribution is 2.29. The smallest absolute Gasteiger partial charge is 0.0732 e. The first-order chi connectivity index (χ1) is 17.9. The van der Waals surface area contributed by atoms with E-state index in [1.54, 1.807) is 0 Å². The molecule has 4 nitrogen and oxygen atoms in total. The molecule has 0 unspecified atom stereocenters. The molecule has 2 aromatic heterocycles. The highest BCUT2D eigenvalue weighted by Gasteiger charge is 2.09. The van der Waals surface area contributed by atoms with E-state index >= 15 is 0 Å². The first-order valence-corrected chi connectivity index (χ1v) is 12.0. The monoisotopic (exact) mass is 462 g/mol. The number of fused-ring (bicyclic) bond motifs is 6. The summed E-state index contributed by atoms with van der Waals surface area (Å²) >= 11 is 0. The summed E-state index contributed by atoms with van der Waals surface area (Å²) in [6, 6.07) is 41.8. The Hall–Kier alpha value is -4.96. The maximum absolute atomic E-state index is 4.83. The number of benzene rings is 5. The van der Waals surface area contributed by atoms with E-state index in [4.69, 9.17) is 10.2 Å². The van der Waals surface area contributed by atoms with E-state index in [0.717, 1.165) is 33.2 Å². The zero-order valence-electron chi connectivity index (χ0n) is 19.5. The summed E-state index contributed by atoms with van der Waals surface area (Å²) in [5.41, 5.74) is 6.47. The van der Waals surface area contributed by atoms with E-state index in [-0.39, 0.29) is 0 Å². The molecule has 0 aliphatic rings. The van der Waals surface area contributed by atoms with Crippen molar-refractivity contribution in [3.05, 3.63) is 132 Å². The summed E-state index contributed by atoms with van der Waals surface area (Å²) < 4.78 is 4.03. The molecule has 0 saturated heterocycles. The van der Waals surface area contributed by atoms with Gasteiger partial charge in [0.05, 0.1) is 34.5 Å². The molecular formula is C32H22N4. The second-order valence-electron chi connectivity index (χ2n) is 8.85. The van der Waals surface area contributed by atoms with Gasteiger partial charge in [-0.15, -0.1) is 0 Å². The third-order valence-electron chi connectivity index (χ3n) is 6.69. The number of aromatic nitrogens is 2. The zero-order chi connectivity index (χ0) is 23.9. The first-order valence-electron chi connectivity index (χ1n) is 12.0. The van der Waals surface area contributed by atoms with E-state index in [9.17, 15) is 0 Å². The van der Waals surface area contributed by atoms with E-state index in [1.165, 1.54) is 21.5 Å². The van der Waals surface area contributed by atoms with Crippen LogP contribution in [0.1, 0.15) is 11.1 Å². The molecule has 0 saturated carbocycles. The van der Waals surface area contributed by atoms with Crippen LogP contribution in [0, 0.1) is 0 Å². The molecule has 0 aliphatic heterocycles. The first kappa shape index (κ1) is 20.4. The van der Waals surface area contributed by atoms with Crippen molar-refractivity contribution in [3.8, 4) is 0 Å². The van der Waals surface area contributed by atoms with Crippen molar-refractivity contribution < 1.29 is 0 Å². The summed E-state index contributed by atoms with van der Waals surface area (Å²) in [5.74, 6) is 0. The molecule has 0 radical (unpaired) electrons. The Morgan fingerprint density at radius 2 is 0.639 bits per heavy atom. The van der Waals surface area contributed by atoms with Gasteiger partial charge in [0.1, 0.15) is 0 Å². The predicted molar refractivity (Wildman–Crippen MR) is 151 cm³/mol. The molecule has 0 spiro atoms. The molecule has 2 heterocycles. The Bertz CT molecular complexity index is 1690. The van der Waals surface area contributed by atoms with Crippen LogP contribution in [0.5, 0.6) is 0 Å². The van der Waals surface area contributed by atoms with Crippen LogP contribution in [0.3, 0.4) is 0 Å². The van der Waals surface area contributed by atoms with Crippen molar-refractivity contribution in [3.63, 3.8) is 0 Å². The molecule has 0 N–H and O–H groups in total. The van der Waals surface area contributed by atoms with Gasteiger partial charge in [-0.2, -0.15) is 10.2 Å². The molecule has 7 rings (SSSR count). The summed E-state index contributed by atoms with van der Waals surface area (Å²) in [7, 11) is 0. The fraction of sp³-hybridized carbons (Fsp3) is 0. The van der Waals surface area contributed by atoms with Crippen molar-refractivity contribution in [2.24, 2.45) is 10.2 Å². The fourth-order valence-electron chi connectivity index (χ4n) is 4.97. The number of hydrogen-bond donors (Lipinski definition) is 0. The molecular weight excluding hydrogens is 440 g/mol. The molecule has 170 valence electrons. The van der Waals surface area contributed by atoms with Crippen LogP contribution < -0.4 is 0 Å². The topological polar surface area (TPSA) is 34.6 Å². The summed E-state index contributed by atoms with van der Waals surface area (Å²) in [6.07, 6.45) is 3.82. The molecule has 7 aromatic rings. The largest absolute Gasteiger partial charge is 0.232 e. The highest BCUT2D eigenvalue weighted by molar-refractivity contribution is 6.09.